The van der Waals surface area contributed by atoms with Crippen molar-refractivity contribution in [3.63, 3.8) is 0 Å². The highest BCUT2D eigenvalue weighted by molar-refractivity contribution is 7.91. The number of primary amides is 1. The second kappa shape index (κ2) is 9.72. The van der Waals surface area contributed by atoms with E-state index in [1.165, 1.54) is 18.2 Å². The van der Waals surface area contributed by atoms with E-state index in [2.05, 4.69) is 4.98 Å². The minimum Gasteiger partial charge on any atom is -0.741 e. The molecule has 0 unspecified atom stereocenters. The van der Waals surface area contributed by atoms with E-state index in [0.29, 0.717) is 16.4 Å². The van der Waals surface area contributed by atoms with Crippen LogP contribution >= 0.6 is 0 Å². The van der Waals surface area contributed by atoms with Crippen molar-refractivity contribution in [3.05, 3.63) is 82.4 Å². The number of fused-ring (bicyclic) bond motifs is 2. The molecule has 0 bridgehead atoms. The maximum absolute atomic E-state index is 13.3. The summed E-state index contributed by atoms with van der Waals surface area (Å²) in [5, 5.41) is 11.5. The van der Waals surface area contributed by atoms with Crippen molar-refractivity contribution in [2.75, 3.05) is 0 Å². The molecule has 37 heavy (non-hydrogen) atoms. The van der Waals surface area contributed by atoms with Crippen LogP contribution in [0.4, 0.5) is 18.9 Å². The van der Waals surface area contributed by atoms with Crippen LogP contribution in [0.1, 0.15) is 10.4 Å². The van der Waals surface area contributed by atoms with E-state index in [1.54, 1.807) is 36.4 Å². The largest absolute Gasteiger partial charge is 0.741 e. The molecule has 11 nitrogen and oxygen atoms in total. The SMILES string of the molecule is NC(=O)c1c2ccccc2[nH+]c2cccc(S(=O)(=O)c3ccc([N+](=O)[O-])cc3)c12.O=S(=O)([O-])C(F)(F)F. The average Bonchev–Trinajstić information content (AvgIpc) is 2.81. The number of halogens is 3. The number of nitro groups is 1. The number of alkyl halides is 3. The summed E-state index contributed by atoms with van der Waals surface area (Å²) in [5.41, 5.74) is 0.920. The van der Waals surface area contributed by atoms with Crippen molar-refractivity contribution in [2.45, 2.75) is 15.3 Å². The molecule has 0 spiro atoms. The Bertz CT molecular complexity index is 1760. The smallest absolute Gasteiger partial charge is 0.485 e. The Kier molecular flexibility index (Phi) is 7.21. The Morgan fingerprint density at radius 3 is 1.95 bits per heavy atom. The van der Waals surface area contributed by atoms with Gasteiger partial charge in [0.05, 0.1) is 31.1 Å². The van der Waals surface area contributed by atoms with Gasteiger partial charge < -0.3 is 10.3 Å². The topological polar surface area (TPSA) is 192 Å². The van der Waals surface area contributed by atoms with Gasteiger partial charge in [-0.15, -0.1) is 0 Å². The number of para-hydroxylation sites is 1. The second-order valence-corrected chi connectivity index (χ2v) is 10.5. The number of pyridine rings is 1. The van der Waals surface area contributed by atoms with Crippen LogP contribution in [0, 0.1) is 10.1 Å². The number of sulfone groups is 1. The zero-order valence-electron chi connectivity index (χ0n) is 18.1. The first kappa shape index (κ1) is 27.4. The normalized spacial score (nSPS) is 12.1. The van der Waals surface area contributed by atoms with Gasteiger partial charge in [0, 0.05) is 24.3 Å². The third-order valence-corrected chi connectivity index (χ3v) is 7.30. The number of aromatic nitrogens is 1. The number of rotatable bonds is 4. The Hall–Kier alpha value is -4.15. The Labute approximate surface area is 206 Å². The number of H-pyrrole nitrogens is 1. The van der Waals surface area contributed by atoms with Gasteiger partial charge in [0.1, 0.15) is 0 Å². The van der Waals surface area contributed by atoms with Crippen LogP contribution in [0.3, 0.4) is 0 Å². The zero-order valence-corrected chi connectivity index (χ0v) is 19.7. The fourth-order valence-corrected chi connectivity index (χ4v) is 4.82. The fraction of sp³-hybridized carbons (Fsp3) is 0.0476. The van der Waals surface area contributed by atoms with Crippen LogP contribution in [-0.2, 0) is 20.0 Å². The summed E-state index contributed by atoms with van der Waals surface area (Å²) in [6.07, 6.45) is 0. The van der Waals surface area contributed by atoms with Crippen LogP contribution in [-0.4, -0.2) is 37.7 Å². The number of hydrogen-bond donors (Lipinski definition) is 1. The van der Waals surface area contributed by atoms with E-state index in [9.17, 15) is 36.5 Å². The number of benzene rings is 3. The van der Waals surface area contributed by atoms with E-state index in [1.807, 2.05) is 0 Å². The lowest BCUT2D eigenvalue weighted by Gasteiger charge is -2.10. The highest BCUT2D eigenvalue weighted by Crippen LogP contribution is 2.32. The summed E-state index contributed by atoms with van der Waals surface area (Å²) >= 11 is 0. The van der Waals surface area contributed by atoms with Crippen molar-refractivity contribution in [1.29, 1.82) is 0 Å². The van der Waals surface area contributed by atoms with Gasteiger partial charge in [0.15, 0.2) is 10.1 Å². The van der Waals surface area contributed by atoms with Crippen LogP contribution < -0.4 is 10.7 Å². The molecule has 16 heteroatoms. The molecule has 3 N–H and O–H groups in total. The van der Waals surface area contributed by atoms with Crippen molar-refractivity contribution in [1.82, 2.24) is 0 Å². The van der Waals surface area contributed by atoms with E-state index in [4.69, 9.17) is 18.7 Å². The molecule has 3 aromatic carbocycles. The number of nitrogens with two attached hydrogens (primary N) is 1. The highest BCUT2D eigenvalue weighted by Gasteiger charge is 2.37. The summed E-state index contributed by atoms with van der Waals surface area (Å²) in [5.74, 6) is -0.758. The lowest BCUT2D eigenvalue weighted by Crippen LogP contribution is -2.21. The third kappa shape index (κ3) is 5.50. The minimum absolute atomic E-state index is 0.0930. The first-order valence-electron chi connectivity index (χ1n) is 9.74. The van der Waals surface area contributed by atoms with Gasteiger partial charge in [-0.25, -0.2) is 21.8 Å². The van der Waals surface area contributed by atoms with E-state index in [-0.39, 0.29) is 26.4 Å². The van der Waals surface area contributed by atoms with Gasteiger partial charge in [0.25, 0.3) is 5.69 Å². The maximum atomic E-state index is 13.3. The molecule has 0 aliphatic rings. The predicted octanol–water partition coefficient (Wildman–Crippen LogP) is 2.70. The Morgan fingerprint density at radius 1 is 0.892 bits per heavy atom. The van der Waals surface area contributed by atoms with Gasteiger partial charge in [0.2, 0.25) is 26.8 Å². The average molecular weight is 557 g/mol. The molecule has 1 heterocycles. The fourth-order valence-electron chi connectivity index (χ4n) is 3.34. The van der Waals surface area contributed by atoms with Crippen molar-refractivity contribution >= 4 is 53.4 Å². The second-order valence-electron chi connectivity index (χ2n) is 7.24. The molecule has 0 fully saturated rings. The molecular formula is C21H14F3N3O8S2. The quantitative estimate of drug-likeness (QED) is 0.130. The van der Waals surface area contributed by atoms with Gasteiger partial charge in [-0.3, -0.25) is 14.9 Å². The summed E-state index contributed by atoms with van der Waals surface area (Å²) in [4.78, 5) is 25.4. The first-order valence-corrected chi connectivity index (χ1v) is 12.6. The molecule has 0 aliphatic carbocycles. The van der Waals surface area contributed by atoms with Gasteiger partial charge >= 0.3 is 5.51 Å². The summed E-state index contributed by atoms with van der Waals surface area (Å²) in [6, 6.07) is 16.1. The lowest BCUT2D eigenvalue weighted by molar-refractivity contribution is -0.384. The number of aromatic amines is 1. The molecule has 1 amide bonds. The van der Waals surface area contributed by atoms with E-state index < -0.39 is 36.3 Å². The first-order chi connectivity index (χ1) is 17.1. The lowest BCUT2D eigenvalue weighted by atomic mass is 10.0. The van der Waals surface area contributed by atoms with Crippen LogP contribution in [0.2, 0.25) is 0 Å². The van der Waals surface area contributed by atoms with Crippen molar-refractivity contribution in [3.8, 4) is 0 Å². The summed E-state index contributed by atoms with van der Waals surface area (Å²) in [6.45, 7) is 0. The van der Waals surface area contributed by atoms with Gasteiger partial charge in [-0.1, -0.05) is 18.2 Å². The van der Waals surface area contributed by atoms with Crippen LogP contribution in [0.5, 0.6) is 0 Å². The molecule has 0 saturated heterocycles. The number of carbonyl (C=O) groups excluding carboxylic acids is 1. The number of amides is 1. The summed E-state index contributed by atoms with van der Waals surface area (Å²) < 4.78 is 85.5. The summed E-state index contributed by atoms with van der Waals surface area (Å²) in [7, 11) is -10.2. The monoisotopic (exact) mass is 557 g/mol. The minimum atomic E-state index is -6.09. The van der Waals surface area contributed by atoms with E-state index in [0.717, 1.165) is 12.1 Å². The molecule has 4 aromatic rings. The number of non-ortho nitro benzene ring substituents is 1. The number of carbonyl (C=O) groups is 1. The Balaban J connectivity index is 0.000000414. The van der Waals surface area contributed by atoms with Crippen LogP contribution in [0.25, 0.3) is 21.8 Å². The molecule has 0 radical (unpaired) electrons. The highest BCUT2D eigenvalue weighted by atomic mass is 32.2. The number of nitro benzene ring substituents is 1. The molecule has 1 aromatic heterocycles. The Morgan fingerprint density at radius 2 is 1.43 bits per heavy atom. The van der Waals surface area contributed by atoms with E-state index >= 15 is 0 Å². The van der Waals surface area contributed by atoms with Crippen LogP contribution in [0.15, 0.2) is 76.5 Å². The molecule has 0 aliphatic heterocycles. The molecule has 4 rings (SSSR count). The predicted molar refractivity (Wildman–Crippen MR) is 121 cm³/mol. The molecular weight excluding hydrogens is 543 g/mol. The van der Waals surface area contributed by atoms with Gasteiger partial charge in [-0.2, -0.15) is 13.2 Å². The van der Waals surface area contributed by atoms with Crippen molar-refractivity contribution in [2.24, 2.45) is 5.73 Å². The number of nitrogens with one attached hydrogen (secondary N) is 1. The maximum Gasteiger partial charge on any atom is 0.485 e. The number of hydrogen-bond acceptors (Lipinski definition) is 8. The standard InChI is InChI=1S/C20H13N3O5S.CHF3O3S/c21-20(24)18-14-4-1-2-5-15(14)22-16-6-3-7-17(19(16)18)29(27,28)13-10-8-12(9-11-13)23(25)26;2-1(3,4)8(5,6)7/h1-11H,(H2,21,24);(H,5,6,7). The number of nitrogens with zero attached hydrogens (tertiary/aromatic N) is 1. The molecule has 0 saturated carbocycles. The van der Waals surface area contributed by atoms with Crippen molar-refractivity contribution < 1.29 is 49.3 Å². The third-order valence-electron chi connectivity index (χ3n) is 4.92. The zero-order chi connectivity index (χ0) is 27.8. The van der Waals surface area contributed by atoms with Gasteiger partial charge in [-0.05, 0) is 24.3 Å². The molecule has 0 atom stereocenters. The molecule has 194 valence electrons.